The number of rotatable bonds is 4. The van der Waals surface area contributed by atoms with Gasteiger partial charge in [0.15, 0.2) is 0 Å². The van der Waals surface area contributed by atoms with Crippen LogP contribution in [0.15, 0.2) is 18.3 Å². The molecule has 2 aliphatic heterocycles. The van der Waals surface area contributed by atoms with Gasteiger partial charge in [-0.2, -0.15) is 0 Å². The Bertz CT molecular complexity index is 473. The molecule has 124 valence electrons. The van der Waals surface area contributed by atoms with Crippen molar-refractivity contribution in [2.24, 2.45) is 11.8 Å². The Morgan fingerprint density at radius 2 is 2.00 bits per heavy atom. The van der Waals surface area contributed by atoms with E-state index < -0.39 is 0 Å². The zero-order valence-electron chi connectivity index (χ0n) is 12.7. The highest BCUT2D eigenvalue weighted by molar-refractivity contribution is 5.92. The molecule has 0 aromatic carbocycles. The molecule has 2 N–H and O–H groups in total. The van der Waals surface area contributed by atoms with Crippen LogP contribution in [0.1, 0.15) is 19.8 Å². The Labute approximate surface area is 144 Å². The molecule has 3 rings (SSSR count). The van der Waals surface area contributed by atoms with Crippen molar-refractivity contribution in [2.75, 3.05) is 36.4 Å². The first kappa shape index (κ1) is 19.0. The molecule has 1 aromatic heterocycles. The number of aromatic nitrogens is 1. The molecule has 7 heteroatoms. The van der Waals surface area contributed by atoms with E-state index in [1.54, 1.807) is 6.20 Å². The van der Waals surface area contributed by atoms with Gasteiger partial charge in [-0.1, -0.05) is 6.92 Å². The van der Waals surface area contributed by atoms with Gasteiger partial charge >= 0.3 is 0 Å². The molecule has 22 heavy (non-hydrogen) atoms. The van der Waals surface area contributed by atoms with Gasteiger partial charge in [0.1, 0.15) is 5.82 Å². The lowest BCUT2D eigenvalue weighted by Crippen LogP contribution is -2.48. The normalized spacial score (nSPS) is 18.7. The van der Waals surface area contributed by atoms with Gasteiger partial charge in [-0.05, 0) is 44.0 Å². The first-order valence-electron chi connectivity index (χ1n) is 7.46. The average Bonchev–Trinajstić information content (AvgIpc) is 2.91. The van der Waals surface area contributed by atoms with Crippen molar-refractivity contribution in [1.82, 2.24) is 10.3 Å². The van der Waals surface area contributed by atoms with Crippen molar-refractivity contribution in [3.63, 3.8) is 0 Å². The molecule has 0 aliphatic carbocycles. The SMILES string of the molecule is CC(C(=O)Nc1ccc(N2CCCC2)nc1)C1CNC1.Cl.Cl. The summed E-state index contributed by atoms with van der Waals surface area (Å²) in [7, 11) is 0. The average molecular weight is 347 g/mol. The zero-order chi connectivity index (χ0) is 13.9. The Morgan fingerprint density at radius 3 is 2.50 bits per heavy atom. The van der Waals surface area contributed by atoms with Gasteiger partial charge in [-0.25, -0.2) is 4.98 Å². The maximum atomic E-state index is 12.1. The number of carbonyl (C=O) groups is 1. The Balaban J connectivity index is 0.00000121. The fourth-order valence-electron chi connectivity index (χ4n) is 2.73. The smallest absolute Gasteiger partial charge is 0.227 e. The minimum Gasteiger partial charge on any atom is -0.357 e. The molecule has 5 nitrogen and oxygen atoms in total. The molecule has 2 saturated heterocycles. The van der Waals surface area contributed by atoms with Crippen molar-refractivity contribution in [1.29, 1.82) is 0 Å². The number of nitrogens with one attached hydrogen (secondary N) is 2. The molecule has 0 radical (unpaired) electrons. The van der Waals surface area contributed by atoms with E-state index in [-0.39, 0.29) is 36.6 Å². The van der Waals surface area contributed by atoms with Crippen LogP contribution < -0.4 is 15.5 Å². The fraction of sp³-hybridized carbons (Fsp3) is 0.600. The summed E-state index contributed by atoms with van der Waals surface area (Å²) >= 11 is 0. The monoisotopic (exact) mass is 346 g/mol. The Morgan fingerprint density at radius 1 is 1.32 bits per heavy atom. The van der Waals surface area contributed by atoms with Crippen LogP contribution in [0.4, 0.5) is 11.5 Å². The lowest BCUT2D eigenvalue weighted by molar-refractivity contribution is -0.121. The molecule has 1 aromatic rings. The summed E-state index contributed by atoms with van der Waals surface area (Å²) in [5, 5.41) is 6.16. The number of hydrogen-bond donors (Lipinski definition) is 2. The van der Waals surface area contributed by atoms with E-state index in [1.807, 2.05) is 19.1 Å². The third kappa shape index (κ3) is 4.24. The van der Waals surface area contributed by atoms with Crippen molar-refractivity contribution in [3.05, 3.63) is 18.3 Å². The van der Waals surface area contributed by atoms with Crippen LogP contribution >= 0.6 is 24.8 Å². The number of nitrogens with zero attached hydrogens (tertiary/aromatic N) is 2. The molecule has 2 aliphatic rings. The summed E-state index contributed by atoms with van der Waals surface area (Å²) in [5.41, 5.74) is 0.789. The van der Waals surface area contributed by atoms with E-state index in [4.69, 9.17) is 0 Å². The van der Waals surface area contributed by atoms with Gasteiger partial charge in [0.25, 0.3) is 0 Å². The van der Waals surface area contributed by atoms with Gasteiger partial charge < -0.3 is 15.5 Å². The van der Waals surface area contributed by atoms with Crippen LogP contribution in [0.25, 0.3) is 0 Å². The van der Waals surface area contributed by atoms with Gasteiger partial charge in [0.2, 0.25) is 5.91 Å². The van der Waals surface area contributed by atoms with E-state index in [0.29, 0.717) is 5.92 Å². The molecule has 1 unspecified atom stereocenters. The number of halogens is 2. The minimum atomic E-state index is 0. The highest BCUT2D eigenvalue weighted by Gasteiger charge is 2.28. The van der Waals surface area contributed by atoms with Gasteiger partial charge in [-0.3, -0.25) is 4.79 Å². The standard InChI is InChI=1S/C15H22N4O.2ClH/c1-11(12-8-16-9-12)15(20)18-13-4-5-14(17-10-13)19-6-2-3-7-19;;/h4-5,10-12,16H,2-3,6-9H2,1H3,(H,18,20);2*1H. The van der Waals surface area contributed by atoms with Crippen LogP contribution in [-0.2, 0) is 4.79 Å². The Hall–Kier alpha value is -1.04. The van der Waals surface area contributed by atoms with Crippen molar-refractivity contribution in [3.8, 4) is 0 Å². The van der Waals surface area contributed by atoms with E-state index in [2.05, 4.69) is 20.5 Å². The van der Waals surface area contributed by atoms with Crippen LogP contribution in [0.2, 0.25) is 0 Å². The van der Waals surface area contributed by atoms with Crippen molar-refractivity contribution in [2.45, 2.75) is 19.8 Å². The second kappa shape index (κ2) is 8.56. The zero-order valence-corrected chi connectivity index (χ0v) is 14.4. The number of amides is 1. The van der Waals surface area contributed by atoms with Gasteiger partial charge in [-0.15, -0.1) is 24.8 Å². The molecule has 0 saturated carbocycles. The third-order valence-corrected chi connectivity index (χ3v) is 4.38. The molecule has 0 spiro atoms. The molecule has 0 bridgehead atoms. The van der Waals surface area contributed by atoms with Crippen LogP contribution in [0.5, 0.6) is 0 Å². The first-order valence-corrected chi connectivity index (χ1v) is 7.46. The van der Waals surface area contributed by atoms with Gasteiger partial charge in [0, 0.05) is 19.0 Å². The summed E-state index contributed by atoms with van der Waals surface area (Å²) in [6.45, 7) is 6.06. The molecule has 2 fully saturated rings. The topological polar surface area (TPSA) is 57.3 Å². The summed E-state index contributed by atoms with van der Waals surface area (Å²) in [4.78, 5) is 18.8. The second-order valence-corrected chi connectivity index (χ2v) is 5.80. The van der Waals surface area contributed by atoms with Crippen LogP contribution in [0, 0.1) is 11.8 Å². The molecule has 1 amide bonds. The summed E-state index contributed by atoms with van der Waals surface area (Å²) in [6.07, 6.45) is 4.25. The molecular weight excluding hydrogens is 323 g/mol. The van der Waals surface area contributed by atoms with Crippen LogP contribution in [0.3, 0.4) is 0 Å². The highest BCUT2D eigenvalue weighted by Crippen LogP contribution is 2.21. The number of carbonyl (C=O) groups excluding carboxylic acids is 1. The highest BCUT2D eigenvalue weighted by atomic mass is 35.5. The second-order valence-electron chi connectivity index (χ2n) is 5.80. The molecule has 1 atom stereocenters. The van der Waals surface area contributed by atoms with E-state index in [1.165, 1.54) is 12.8 Å². The van der Waals surface area contributed by atoms with Crippen molar-refractivity contribution < 1.29 is 4.79 Å². The quantitative estimate of drug-likeness (QED) is 0.878. The fourth-order valence-corrected chi connectivity index (χ4v) is 2.73. The first-order chi connectivity index (χ1) is 9.74. The van der Waals surface area contributed by atoms with Crippen molar-refractivity contribution >= 4 is 42.2 Å². The maximum Gasteiger partial charge on any atom is 0.227 e. The number of pyridine rings is 1. The maximum absolute atomic E-state index is 12.1. The van der Waals surface area contributed by atoms with Crippen LogP contribution in [-0.4, -0.2) is 37.1 Å². The predicted octanol–water partition coefficient (Wildman–Crippen LogP) is 2.32. The lowest BCUT2D eigenvalue weighted by atomic mass is 9.88. The summed E-state index contributed by atoms with van der Waals surface area (Å²) < 4.78 is 0. The lowest BCUT2D eigenvalue weighted by Gasteiger charge is -2.31. The molecule has 3 heterocycles. The number of hydrogen-bond acceptors (Lipinski definition) is 4. The third-order valence-electron chi connectivity index (χ3n) is 4.38. The summed E-state index contributed by atoms with van der Waals surface area (Å²) in [5.74, 6) is 1.62. The Kier molecular flexibility index (Phi) is 7.39. The van der Waals surface area contributed by atoms with Gasteiger partial charge in [0.05, 0.1) is 11.9 Å². The largest absolute Gasteiger partial charge is 0.357 e. The van der Waals surface area contributed by atoms with E-state index >= 15 is 0 Å². The van der Waals surface area contributed by atoms with E-state index in [0.717, 1.165) is 37.7 Å². The molecular formula is C15H24Cl2N4O. The predicted molar refractivity (Wildman–Crippen MR) is 94.3 cm³/mol. The summed E-state index contributed by atoms with van der Waals surface area (Å²) in [6, 6.07) is 3.95. The van der Waals surface area contributed by atoms with E-state index in [9.17, 15) is 4.79 Å². The minimum absolute atomic E-state index is 0. The number of anilines is 2.